The zero-order valence-electron chi connectivity index (χ0n) is 14.4. The van der Waals surface area contributed by atoms with Crippen LogP contribution in [0, 0.1) is 0 Å². The Morgan fingerprint density at radius 1 is 0.633 bits per heavy atom. The lowest BCUT2D eigenvalue weighted by molar-refractivity contribution is 0.0651. The summed E-state index contributed by atoms with van der Waals surface area (Å²) < 4.78 is 3.05. The van der Waals surface area contributed by atoms with E-state index in [0.29, 0.717) is 29.0 Å². The van der Waals surface area contributed by atoms with Gasteiger partial charge in [-0.2, -0.15) is 0 Å². The minimum Gasteiger partial charge on any atom is -0.478 e. The van der Waals surface area contributed by atoms with Crippen molar-refractivity contribution in [2.75, 3.05) is 0 Å². The molecule has 0 saturated heterocycles. The van der Waals surface area contributed by atoms with Crippen molar-refractivity contribution >= 4 is 108 Å². The van der Waals surface area contributed by atoms with Crippen LogP contribution in [0.2, 0.25) is 0 Å². The number of carboxylic acid groups (broad SMARTS) is 2. The predicted molar refractivity (Wildman–Crippen MR) is 137 cm³/mol. The van der Waals surface area contributed by atoms with Gasteiger partial charge in [-0.1, -0.05) is 30.3 Å². The van der Waals surface area contributed by atoms with Crippen LogP contribution in [0.15, 0.2) is 63.2 Å². The third-order valence-corrected chi connectivity index (χ3v) is 11.0. The minimum absolute atomic E-state index is 0.138. The van der Waals surface area contributed by atoms with Crippen LogP contribution in [0.3, 0.4) is 0 Å². The molecule has 0 saturated carbocycles. The van der Waals surface area contributed by atoms with Crippen molar-refractivity contribution in [1.29, 1.82) is 0 Å². The van der Waals surface area contributed by atoms with Crippen LogP contribution in [0.25, 0.3) is 22.3 Å². The summed E-state index contributed by atoms with van der Waals surface area (Å²) in [7, 11) is 0. The van der Waals surface area contributed by atoms with Gasteiger partial charge in [0.1, 0.15) is 0 Å². The summed E-state index contributed by atoms with van der Waals surface area (Å²) in [5.74, 6) is -2.71. The second kappa shape index (κ2) is 9.54. The maximum atomic E-state index is 12.3. The van der Waals surface area contributed by atoms with Gasteiger partial charge in [0.05, 0.1) is 11.1 Å². The first-order chi connectivity index (χ1) is 14.1. The van der Waals surface area contributed by atoms with Crippen LogP contribution in [-0.4, -0.2) is 22.2 Å². The number of carbonyl (C=O) groups is 2. The van der Waals surface area contributed by atoms with E-state index in [1.165, 1.54) is 0 Å². The van der Waals surface area contributed by atoms with E-state index in [2.05, 4.69) is 95.6 Å². The number of aromatic carboxylic acids is 2. The lowest BCUT2D eigenvalue weighted by Crippen LogP contribution is -2.12. The molecule has 0 aliphatic heterocycles. The molecular formula is C20H8Br6O4. The fourth-order valence-corrected chi connectivity index (χ4v) is 6.51. The van der Waals surface area contributed by atoms with Gasteiger partial charge in [-0.05, 0) is 113 Å². The number of benzene rings is 3. The molecule has 0 unspecified atom stereocenters. The van der Waals surface area contributed by atoms with E-state index < -0.39 is 11.9 Å². The van der Waals surface area contributed by atoms with Crippen molar-refractivity contribution < 1.29 is 19.8 Å². The Kier molecular flexibility index (Phi) is 7.67. The van der Waals surface area contributed by atoms with Gasteiger partial charge >= 0.3 is 11.9 Å². The Hall–Kier alpha value is -0.520. The van der Waals surface area contributed by atoms with Gasteiger partial charge in [0, 0.05) is 38.0 Å². The average molecular weight is 792 g/mol. The van der Waals surface area contributed by atoms with E-state index in [4.69, 9.17) is 0 Å². The molecule has 154 valence electrons. The van der Waals surface area contributed by atoms with Crippen molar-refractivity contribution in [3.63, 3.8) is 0 Å². The van der Waals surface area contributed by atoms with Crippen LogP contribution in [-0.2, 0) is 0 Å². The topological polar surface area (TPSA) is 74.6 Å². The molecule has 0 heterocycles. The molecule has 2 N–H and O–H groups in total. The third kappa shape index (κ3) is 4.23. The second-order valence-corrected chi connectivity index (χ2v) is 10.8. The standard InChI is InChI=1S/C20H8Br6O4/c21-9-6-8(10(15(23)14(9)22)7-4-2-1-3-5-7)11-12(19(27)28)13(20(29)30)17(25)18(26)16(11)24/h1-6H,(H,27,28)(H,29,30). The smallest absolute Gasteiger partial charge is 0.337 e. The number of hydrogen-bond donors (Lipinski definition) is 2. The minimum atomic E-state index is -1.36. The summed E-state index contributed by atoms with van der Waals surface area (Å²) >= 11 is 20.7. The highest BCUT2D eigenvalue weighted by Crippen LogP contribution is 2.51. The Labute approximate surface area is 221 Å². The molecule has 0 bridgehead atoms. The number of hydrogen-bond acceptors (Lipinski definition) is 2. The van der Waals surface area contributed by atoms with E-state index in [0.717, 1.165) is 10.0 Å². The summed E-state index contributed by atoms with van der Waals surface area (Å²) in [5, 5.41) is 19.8. The Balaban J connectivity index is 2.61. The maximum Gasteiger partial charge on any atom is 0.337 e. The van der Waals surface area contributed by atoms with Crippen LogP contribution >= 0.6 is 95.6 Å². The Morgan fingerprint density at radius 3 is 1.70 bits per heavy atom. The normalized spacial score (nSPS) is 10.9. The average Bonchev–Trinajstić information content (AvgIpc) is 2.70. The lowest BCUT2D eigenvalue weighted by Gasteiger charge is -2.21. The molecule has 3 aromatic rings. The van der Waals surface area contributed by atoms with E-state index in [-0.39, 0.29) is 21.2 Å². The monoisotopic (exact) mass is 786 g/mol. The molecule has 0 aromatic heterocycles. The summed E-state index contributed by atoms with van der Waals surface area (Å²) in [6.07, 6.45) is 0. The first-order valence-electron chi connectivity index (χ1n) is 7.98. The molecule has 0 amide bonds. The fraction of sp³-hybridized carbons (Fsp3) is 0. The predicted octanol–water partition coefficient (Wildman–Crippen LogP) is 8.99. The number of halogens is 6. The molecule has 3 rings (SSSR count). The van der Waals surface area contributed by atoms with E-state index >= 15 is 0 Å². The van der Waals surface area contributed by atoms with Crippen molar-refractivity contribution in [2.24, 2.45) is 0 Å². The fourth-order valence-electron chi connectivity index (χ4n) is 3.01. The van der Waals surface area contributed by atoms with Crippen molar-refractivity contribution in [1.82, 2.24) is 0 Å². The molecule has 0 atom stereocenters. The molecule has 3 aromatic carbocycles. The lowest BCUT2D eigenvalue weighted by atomic mass is 9.89. The molecule has 0 radical (unpaired) electrons. The van der Waals surface area contributed by atoms with Gasteiger partial charge in [0.25, 0.3) is 0 Å². The zero-order valence-corrected chi connectivity index (χ0v) is 24.0. The van der Waals surface area contributed by atoms with Crippen molar-refractivity contribution in [3.8, 4) is 22.3 Å². The van der Waals surface area contributed by atoms with Gasteiger partial charge in [0.2, 0.25) is 0 Å². The van der Waals surface area contributed by atoms with E-state index in [9.17, 15) is 19.8 Å². The highest BCUT2D eigenvalue weighted by atomic mass is 79.9. The molecule has 30 heavy (non-hydrogen) atoms. The molecule has 4 nitrogen and oxygen atoms in total. The van der Waals surface area contributed by atoms with Gasteiger partial charge < -0.3 is 10.2 Å². The second-order valence-electron chi connectivity index (χ2n) is 5.95. The van der Waals surface area contributed by atoms with Gasteiger partial charge in [-0.3, -0.25) is 0 Å². The Morgan fingerprint density at radius 2 is 1.17 bits per heavy atom. The molecule has 0 aliphatic carbocycles. The molecule has 0 spiro atoms. The van der Waals surface area contributed by atoms with Crippen LogP contribution in [0.5, 0.6) is 0 Å². The number of rotatable bonds is 4. The van der Waals surface area contributed by atoms with Gasteiger partial charge in [0.15, 0.2) is 0 Å². The van der Waals surface area contributed by atoms with Crippen molar-refractivity contribution in [2.45, 2.75) is 0 Å². The highest BCUT2D eigenvalue weighted by molar-refractivity contribution is 9.15. The summed E-state index contributed by atoms with van der Waals surface area (Å²) in [5.41, 5.74) is 1.63. The molecule has 0 aliphatic rings. The first-order valence-corrected chi connectivity index (χ1v) is 12.7. The molecule has 10 heteroatoms. The first kappa shape index (κ1) is 24.1. The van der Waals surface area contributed by atoms with Gasteiger partial charge in [-0.25, -0.2) is 9.59 Å². The maximum absolute atomic E-state index is 12.3. The SMILES string of the molecule is O=C(O)c1c(Br)c(Br)c(Br)c(-c2cc(Br)c(Br)c(Br)c2-c2ccccc2)c1C(=O)O. The van der Waals surface area contributed by atoms with Crippen LogP contribution in [0.4, 0.5) is 0 Å². The summed E-state index contributed by atoms with van der Waals surface area (Å²) in [4.78, 5) is 24.2. The quantitative estimate of drug-likeness (QED) is 0.259. The number of carboxylic acids is 2. The van der Waals surface area contributed by atoms with Crippen molar-refractivity contribution in [3.05, 3.63) is 74.4 Å². The van der Waals surface area contributed by atoms with Crippen LogP contribution in [0.1, 0.15) is 20.7 Å². The highest BCUT2D eigenvalue weighted by Gasteiger charge is 2.31. The van der Waals surface area contributed by atoms with E-state index in [1.807, 2.05) is 30.3 Å². The van der Waals surface area contributed by atoms with E-state index in [1.54, 1.807) is 6.07 Å². The largest absolute Gasteiger partial charge is 0.478 e. The van der Waals surface area contributed by atoms with Gasteiger partial charge in [-0.15, -0.1) is 0 Å². The third-order valence-electron chi connectivity index (χ3n) is 4.25. The summed E-state index contributed by atoms with van der Waals surface area (Å²) in [6.45, 7) is 0. The zero-order chi connectivity index (χ0) is 22.3. The summed E-state index contributed by atoms with van der Waals surface area (Å²) in [6, 6.07) is 11.2. The molecule has 0 fully saturated rings. The van der Waals surface area contributed by atoms with Crippen LogP contribution < -0.4 is 0 Å². The Bertz CT molecular complexity index is 1210. The molecular weight excluding hydrogens is 784 g/mol.